The minimum Gasteiger partial charge on any atom is -0.492 e. The van der Waals surface area contributed by atoms with Gasteiger partial charge in [0, 0.05) is 12.8 Å². The largest absolute Gasteiger partial charge is 0.492 e. The number of alkyl halides is 3. The predicted molar refractivity (Wildman–Crippen MR) is 101 cm³/mol. The molecule has 0 atom stereocenters. The minimum atomic E-state index is -4.55. The molecule has 0 spiro atoms. The van der Waals surface area contributed by atoms with Crippen molar-refractivity contribution in [2.24, 2.45) is 5.73 Å². The molecule has 0 saturated heterocycles. The Labute approximate surface area is 164 Å². The number of ether oxygens (including phenoxy) is 1. The van der Waals surface area contributed by atoms with E-state index in [1.165, 1.54) is 12.1 Å². The lowest BCUT2D eigenvalue weighted by molar-refractivity contribution is -0.139. The first kappa shape index (κ1) is 25.5. The molecule has 1 rings (SSSR count). The van der Waals surface area contributed by atoms with Crippen LogP contribution in [0.15, 0.2) is 18.2 Å². The monoisotopic (exact) mass is 409 g/mol. The van der Waals surface area contributed by atoms with Crippen LogP contribution < -0.4 is 10.5 Å². The van der Waals surface area contributed by atoms with E-state index in [1.807, 2.05) is 6.92 Å². The molecular weight excluding hydrogens is 383 g/mol. The second-order valence-corrected chi connectivity index (χ2v) is 6.21. The Morgan fingerprint density at radius 3 is 2.30 bits per heavy atom. The van der Waals surface area contributed by atoms with Gasteiger partial charge in [0.15, 0.2) is 0 Å². The number of nitrogens with two attached hydrogens (primary N) is 1. The highest BCUT2D eigenvalue weighted by Gasteiger charge is 2.35. The van der Waals surface area contributed by atoms with E-state index in [9.17, 15) is 13.2 Å². The zero-order chi connectivity index (χ0) is 19.6. The first-order chi connectivity index (χ1) is 12.3. The van der Waals surface area contributed by atoms with Crippen molar-refractivity contribution in [1.82, 2.24) is 0 Å². The fraction of sp³-hybridized carbons (Fsp3) is 0.579. The van der Waals surface area contributed by atoms with Gasteiger partial charge in [-0.2, -0.15) is 13.2 Å². The van der Waals surface area contributed by atoms with Crippen LogP contribution in [0.2, 0.25) is 0 Å². The molecule has 154 valence electrons. The van der Waals surface area contributed by atoms with Gasteiger partial charge in [-0.1, -0.05) is 18.9 Å². The molecule has 8 heteroatoms. The first-order valence-electron chi connectivity index (χ1n) is 8.55. The van der Waals surface area contributed by atoms with Crippen molar-refractivity contribution < 1.29 is 28.1 Å². The average molecular weight is 410 g/mol. The Morgan fingerprint density at radius 2 is 1.74 bits per heavy atom. The van der Waals surface area contributed by atoms with Crippen LogP contribution in [0.4, 0.5) is 13.2 Å². The third-order valence-electron chi connectivity index (χ3n) is 3.88. The lowest BCUT2D eigenvalue weighted by Crippen LogP contribution is -2.47. The number of halogens is 4. The Kier molecular flexibility index (Phi) is 11.4. The molecule has 1 aromatic carbocycles. The van der Waals surface area contributed by atoms with E-state index in [0.717, 1.165) is 18.9 Å². The summed E-state index contributed by atoms with van der Waals surface area (Å²) in [6.07, 6.45) is -2.14. The molecule has 0 amide bonds. The maximum atomic E-state index is 13.3. The van der Waals surface area contributed by atoms with Crippen LogP contribution in [0.1, 0.15) is 43.7 Å². The SMILES string of the molecule is CCCC#CCCOc1ccc(CCC(N)(CO)CO)cc1C(F)(F)F.Cl. The van der Waals surface area contributed by atoms with E-state index in [4.69, 9.17) is 20.7 Å². The van der Waals surface area contributed by atoms with Gasteiger partial charge in [-0.05, 0) is 37.0 Å². The summed E-state index contributed by atoms with van der Waals surface area (Å²) in [7, 11) is 0. The van der Waals surface area contributed by atoms with E-state index >= 15 is 0 Å². The number of unbranched alkanes of at least 4 members (excludes halogenated alkanes) is 1. The van der Waals surface area contributed by atoms with E-state index < -0.39 is 30.5 Å². The summed E-state index contributed by atoms with van der Waals surface area (Å²) in [5.41, 5.74) is 4.09. The Balaban J connectivity index is 0.00000676. The second-order valence-electron chi connectivity index (χ2n) is 6.21. The van der Waals surface area contributed by atoms with Crippen LogP contribution in [-0.2, 0) is 12.6 Å². The van der Waals surface area contributed by atoms with Gasteiger partial charge in [-0.25, -0.2) is 0 Å². The number of hydrogen-bond acceptors (Lipinski definition) is 4. The molecule has 0 fully saturated rings. The van der Waals surface area contributed by atoms with Crippen molar-refractivity contribution in [1.29, 1.82) is 0 Å². The summed E-state index contributed by atoms with van der Waals surface area (Å²) in [5, 5.41) is 18.3. The minimum absolute atomic E-state index is 0. The molecule has 0 aliphatic heterocycles. The van der Waals surface area contributed by atoms with Crippen LogP contribution in [0, 0.1) is 11.8 Å². The van der Waals surface area contributed by atoms with Crippen LogP contribution in [-0.4, -0.2) is 35.6 Å². The van der Waals surface area contributed by atoms with Gasteiger partial charge in [-0.3, -0.25) is 0 Å². The van der Waals surface area contributed by atoms with Gasteiger partial charge in [0.1, 0.15) is 5.75 Å². The van der Waals surface area contributed by atoms with Crippen molar-refractivity contribution in [3.63, 3.8) is 0 Å². The molecular formula is C19H27ClF3NO3. The zero-order valence-electron chi connectivity index (χ0n) is 15.3. The summed E-state index contributed by atoms with van der Waals surface area (Å²) >= 11 is 0. The number of aliphatic hydroxyl groups is 2. The van der Waals surface area contributed by atoms with Crippen molar-refractivity contribution in [2.75, 3.05) is 19.8 Å². The molecule has 0 unspecified atom stereocenters. The molecule has 0 aliphatic carbocycles. The highest BCUT2D eigenvalue weighted by molar-refractivity contribution is 5.85. The van der Waals surface area contributed by atoms with Crippen LogP contribution >= 0.6 is 12.4 Å². The van der Waals surface area contributed by atoms with E-state index in [-0.39, 0.29) is 37.6 Å². The van der Waals surface area contributed by atoms with E-state index in [1.54, 1.807) is 0 Å². The second kappa shape index (κ2) is 12.1. The molecule has 4 N–H and O–H groups in total. The smallest absolute Gasteiger partial charge is 0.419 e. The lowest BCUT2D eigenvalue weighted by atomic mass is 9.93. The molecule has 0 bridgehead atoms. The van der Waals surface area contributed by atoms with Gasteiger partial charge < -0.3 is 20.7 Å². The molecule has 1 aromatic rings. The Bertz CT molecular complexity index is 623. The number of aryl methyl sites for hydroxylation is 1. The zero-order valence-corrected chi connectivity index (χ0v) is 16.1. The van der Waals surface area contributed by atoms with Gasteiger partial charge in [-0.15, -0.1) is 18.3 Å². The van der Waals surface area contributed by atoms with Gasteiger partial charge in [0.25, 0.3) is 0 Å². The van der Waals surface area contributed by atoms with E-state index in [0.29, 0.717) is 12.0 Å². The standard InChI is InChI=1S/C19H26F3NO3.ClH/c1-2-3-4-5-6-11-26-17-8-7-15(12-16(17)19(20,21)22)9-10-18(23,13-24)14-25;/h7-8,12,24-25H,2-3,6,9-11,13-14,23H2,1H3;1H. The molecule has 0 saturated carbocycles. The Morgan fingerprint density at radius 1 is 1.11 bits per heavy atom. The van der Waals surface area contributed by atoms with Crippen molar-refractivity contribution in [3.05, 3.63) is 29.3 Å². The third kappa shape index (κ3) is 8.85. The van der Waals surface area contributed by atoms with Crippen LogP contribution in [0.5, 0.6) is 5.75 Å². The van der Waals surface area contributed by atoms with Crippen molar-refractivity contribution in [2.45, 2.75) is 50.7 Å². The molecule has 0 aliphatic rings. The number of benzene rings is 1. The quantitative estimate of drug-likeness (QED) is 0.432. The number of aliphatic hydroxyl groups excluding tert-OH is 2. The molecule has 0 heterocycles. The maximum Gasteiger partial charge on any atom is 0.419 e. The highest BCUT2D eigenvalue weighted by atomic mass is 35.5. The maximum absolute atomic E-state index is 13.3. The number of rotatable bonds is 9. The highest BCUT2D eigenvalue weighted by Crippen LogP contribution is 2.37. The predicted octanol–water partition coefficient (Wildman–Crippen LogP) is 3.31. The van der Waals surface area contributed by atoms with Crippen LogP contribution in [0.3, 0.4) is 0 Å². The number of hydrogen-bond donors (Lipinski definition) is 3. The summed E-state index contributed by atoms with van der Waals surface area (Å²) in [6, 6.07) is 3.84. The fourth-order valence-corrected chi connectivity index (χ4v) is 2.20. The molecule has 0 radical (unpaired) electrons. The van der Waals surface area contributed by atoms with Crippen LogP contribution in [0.25, 0.3) is 0 Å². The summed E-state index contributed by atoms with van der Waals surface area (Å²) in [5.74, 6) is 5.54. The molecule has 0 aromatic heterocycles. The Hall–Kier alpha value is -1.46. The first-order valence-corrected chi connectivity index (χ1v) is 8.55. The topological polar surface area (TPSA) is 75.7 Å². The van der Waals surface area contributed by atoms with Gasteiger partial charge in [0.05, 0.1) is 30.9 Å². The van der Waals surface area contributed by atoms with Crippen molar-refractivity contribution in [3.8, 4) is 17.6 Å². The van der Waals surface area contributed by atoms with E-state index in [2.05, 4.69) is 11.8 Å². The lowest BCUT2D eigenvalue weighted by Gasteiger charge is -2.24. The normalized spacial score (nSPS) is 11.4. The summed E-state index contributed by atoms with van der Waals surface area (Å²) in [6.45, 7) is 1.18. The van der Waals surface area contributed by atoms with Crippen molar-refractivity contribution >= 4 is 12.4 Å². The van der Waals surface area contributed by atoms with Gasteiger partial charge >= 0.3 is 6.18 Å². The third-order valence-corrected chi connectivity index (χ3v) is 3.88. The van der Waals surface area contributed by atoms with Gasteiger partial charge in [0.2, 0.25) is 0 Å². The summed E-state index contributed by atoms with van der Waals surface area (Å²) in [4.78, 5) is 0. The summed E-state index contributed by atoms with van der Waals surface area (Å²) < 4.78 is 45.2. The molecule has 27 heavy (non-hydrogen) atoms. The average Bonchev–Trinajstić information content (AvgIpc) is 2.62. The fourth-order valence-electron chi connectivity index (χ4n) is 2.20. The molecule has 4 nitrogen and oxygen atoms in total.